The highest BCUT2D eigenvalue weighted by Gasteiger charge is 2.31. The van der Waals surface area contributed by atoms with Crippen LogP contribution < -0.4 is 4.74 Å². The van der Waals surface area contributed by atoms with Crippen molar-refractivity contribution >= 4 is 0 Å². The van der Waals surface area contributed by atoms with Gasteiger partial charge >= 0.3 is 0 Å². The first kappa shape index (κ1) is 15.4. The van der Waals surface area contributed by atoms with Crippen molar-refractivity contribution in [1.82, 2.24) is 0 Å². The van der Waals surface area contributed by atoms with Gasteiger partial charge in [0, 0.05) is 12.0 Å². The molecule has 0 bridgehead atoms. The van der Waals surface area contributed by atoms with Gasteiger partial charge in [-0.15, -0.1) is 0 Å². The summed E-state index contributed by atoms with van der Waals surface area (Å²) in [5, 5.41) is 10.8. The summed E-state index contributed by atoms with van der Waals surface area (Å²) in [5.74, 6) is -0.909. The molecule has 0 radical (unpaired) electrons. The number of rotatable bonds is 5. The first-order chi connectivity index (χ1) is 10.0. The topological polar surface area (TPSA) is 29.5 Å². The zero-order valence-corrected chi connectivity index (χ0v) is 12.1. The standard InChI is InChI=1S/C17H18F2O2/c1-3-17(20,13-8-4-5-9-14(13)18)11-12-7-6-10-15(21-2)16(12)19/h4-10,20H,3,11H2,1-2H3. The second-order valence-electron chi connectivity index (χ2n) is 4.98. The van der Waals surface area contributed by atoms with Crippen LogP contribution in [-0.4, -0.2) is 12.2 Å². The molecule has 0 heterocycles. The maximum absolute atomic E-state index is 14.2. The highest BCUT2D eigenvalue weighted by atomic mass is 19.1. The van der Waals surface area contributed by atoms with Gasteiger partial charge in [0.1, 0.15) is 5.82 Å². The molecule has 1 N–H and O–H groups in total. The molecular weight excluding hydrogens is 274 g/mol. The van der Waals surface area contributed by atoms with E-state index in [1.807, 2.05) is 0 Å². The molecule has 0 saturated heterocycles. The van der Waals surface area contributed by atoms with Crippen LogP contribution in [0.5, 0.6) is 5.75 Å². The van der Waals surface area contributed by atoms with E-state index in [2.05, 4.69) is 0 Å². The van der Waals surface area contributed by atoms with Gasteiger partial charge in [0.15, 0.2) is 11.6 Å². The number of halogens is 2. The lowest BCUT2D eigenvalue weighted by molar-refractivity contribution is 0.0282. The monoisotopic (exact) mass is 292 g/mol. The average Bonchev–Trinajstić information content (AvgIpc) is 2.49. The molecule has 2 nitrogen and oxygen atoms in total. The van der Waals surface area contributed by atoms with E-state index in [1.165, 1.54) is 25.3 Å². The minimum Gasteiger partial charge on any atom is -0.494 e. The number of aliphatic hydroxyl groups is 1. The minimum absolute atomic E-state index is 0.0204. The van der Waals surface area contributed by atoms with E-state index >= 15 is 0 Å². The Hall–Kier alpha value is -1.94. The van der Waals surface area contributed by atoms with Crippen molar-refractivity contribution in [1.29, 1.82) is 0 Å². The fourth-order valence-corrected chi connectivity index (χ4v) is 2.41. The maximum Gasteiger partial charge on any atom is 0.168 e. The van der Waals surface area contributed by atoms with Gasteiger partial charge in [-0.05, 0) is 24.1 Å². The SMILES string of the molecule is CCC(O)(Cc1cccc(OC)c1F)c1ccccc1F. The summed E-state index contributed by atoms with van der Waals surface area (Å²) in [6.07, 6.45) is 0.248. The smallest absolute Gasteiger partial charge is 0.168 e. The van der Waals surface area contributed by atoms with Gasteiger partial charge in [-0.1, -0.05) is 37.3 Å². The number of methoxy groups -OCH3 is 1. The van der Waals surface area contributed by atoms with Crippen LogP contribution in [0.2, 0.25) is 0 Å². The van der Waals surface area contributed by atoms with Crippen LogP contribution in [-0.2, 0) is 12.0 Å². The van der Waals surface area contributed by atoms with E-state index in [9.17, 15) is 13.9 Å². The average molecular weight is 292 g/mol. The summed E-state index contributed by atoms with van der Waals surface area (Å²) in [7, 11) is 1.38. The summed E-state index contributed by atoms with van der Waals surface area (Å²) in [6.45, 7) is 1.74. The quantitative estimate of drug-likeness (QED) is 0.908. The summed E-state index contributed by atoms with van der Waals surface area (Å²) in [5.41, 5.74) is -0.991. The Morgan fingerprint density at radius 2 is 1.81 bits per heavy atom. The number of ether oxygens (including phenoxy) is 1. The lowest BCUT2D eigenvalue weighted by Crippen LogP contribution is -2.29. The van der Waals surface area contributed by atoms with Gasteiger partial charge in [0.2, 0.25) is 0 Å². The Kier molecular flexibility index (Phi) is 4.58. The van der Waals surface area contributed by atoms with Gasteiger partial charge in [-0.2, -0.15) is 0 Å². The van der Waals surface area contributed by atoms with Crippen LogP contribution in [0.25, 0.3) is 0 Å². The summed E-state index contributed by atoms with van der Waals surface area (Å²) in [6, 6.07) is 10.7. The van der Waals surface area contributed by atoms with Crippen molar-refractivity contribution < 1.29 is 18.6 Å². The summed E-state index contributed by atoms with van der Waals surface area (Å²) >= 11 is 0. The third-order valence-corrected chi connectivity index (χ3v) is 3.71. The third kappa shape index (κ3) is 3.05. The fourth-order valence-electron chi connectivity index (χ4n) is 2.41. The van der Waals surface area contributed by atoms with Crippen LogP contribution in [0, 0.1) is 11.6 Å². The molecule has 1 unspecified atom stereocenters. The molecule has 0 aromatic heterocycles. The molecule has 0 aliphatic carbocycles. The Balaban J connectivity index is 2.42. The Bertz CT molecular complexity index is 628. The first-order valence-corrected chi connectivity index (χ1v) is 6.80. The van der Waals surface area contributed by atoms with Gasteiger partial charge in [-0.25, -0.2) is 8.78 Å². The number of hydrogen-bond acceptors (Lipinski definition) is 2. The van der Waals surface area contributed by atoms with Crippen molar-refractivity contribution in [3.63, 3.8) is 0 Å². The zero-order valence-electron chi connectivity index (χ0n) is 12.1. The van der Waals surface area contributed by atoms with Crippen LogP contribution >= 0.6 is 0 Å². The van der Waals surface area contributed by atoms with Crippen molar-refractivity contribution in [2.45, 2.75) is 25.4 Å². The predicted molar refractivity (Wildman–Crippen MR) is 77.2 cm³/mol. The third-order valence-electron chi connectivity index (χ3n) is 3.71. The molecule has 0 saturated carbocycles. The Labute approximate surface area is 123 Å². The van der Waals surface area contributed by atoms with Crippen molar-refractivity contribution in [2.75, 3.05) is 7.11 Å². The van der Waals surface area contributed by atoms with Gasteiger partial charge in [0.25, 0.3) is 0 Å². The second-order valence-corrected chi connectivity index (χ2v) is 4.98. The molecule has 0 fully saturated rings. The van der Waals surface area contributed by atoms with Crippen molar-refractivity contribution in [3.8, 4) is 5.75 Å². The van der Waals surface area contributed by atoms with E-state index in [-0.39, 0.29) is 24.2 Å². The molecule has 0 amide bonds. The molecule has 2 aromatic carbocycles. The van der Waals surface area contributed by atoms with E-state index < -0.39 is 17.2 Å². The van der Waals surface area contributed by atoms with E-state index in [0.717, 1.165) is 0 Å². The van der Waals surface area contributed by atoms with Crippen LogP contribution in [0.1, 0.15) is 24.5 Å². The molecule has 21 heavy (non-hydrogen) atoms. The second kappa shape index (κ2) is 6.22. The Morgan fingerprint density at radius 1 is 1.10 bits per heavy atom. The lowest BCUT2D eigenvalue weighted by Gasteiger charge is -2.28. The van der Waals surface area contributed by atoms with Gasteiger partial charge < -0.3 is 9.84 Å². The molecule has 0 aliphatic heterocycles. The molecule has 112 valence electrons. The molecule has 0 aliphatic rings. The molecule has 0 spiro atoms. The summed E-state index contributed by atoms with van der Waals surface area (Å²) < 4.78 is 33.1. The highest BCUT2D eigenvalue weighted by Crippen LogP contribution is 2.33. The van der Waals surface area contributed by atoms with Gasteiger partial charge in [0.05, 0.1) is 12.7 Å². The molecule has 2 aromatic rings. The van der Waals surface area contributed by atoms with E-state index in [1.54, 1.807) is 31.2 Å². The van der Waals surface area contributed by atoms with Crippen LogP contribution in [0.3, 0.4) is 0 Å². The van der Waals surface area contributed by atoms with Crippen molar-refractivity contribution in [2.24, 2.45) is 0 Å². The fraction of sp³-hybridized carbons (Fsp3) is 0.294. The highest BCUT2D eigenvalue weighted by molar-refractivity contribution is 5.34. The van der Waals surface area contributed by atoms with E-state index in [0.29, 0.717) is 5.56 Å². The van der Waals surface area contributed by atoms with E-state index in [4.69, 9.17) is 4.74 Å². The van der Waals surface area contributed by atoms with Gasteiger partial charge in [-0.3, -0.25) is 0 Å². The number of benzene rings is 2. The van der Waals surface area contributed by atoms with Crippen molar-refractivity contribution in [3.05, 3.63) is 65.2 Å². The predicted octanol–water partition coefficient (Wildman–Crippen LogP) is 3.81. The summed E-state index contributed by atoms with van der Waals surface area (Å²) in [4.78, 5) is 0. The minimum atomic E-state index is -1.46. The Morgan fingerprint density at radius 3 is 2.43 bits per heavy atom. The number of hydrogen-bond donors (Lipinski definition) is 1. The normalized spacial score (nSPS) is 13.8. The zero-order chi connectivity index (χ0) is 15.5. The molecule has 2 rings (SSSR count). The lowest BCUT2D eigenvalue weighted by atomic mass is 9.84. The first-order valence-electron chi connectivity index (χ1n) is 6.80. The van der Waals surface area contributed by atoms with Crippen LogP contribution in [0.15, 0.2) is 42.5 Å². The molecule has 4 heteroatoms. The largest absolute Gasteiger partial charge is 0.494 e. The molecular formula is C17H18F2O2. The molecule has 1 atom stereocenters. The maximum atomic E-state index is 14.2. The van der Waals surface area contributed by atoms with Crippen LogP contribution in [0.4, 0.5) is 8.78 Å².